The van der Waals surface area contributed by atoms with E-state index in [0.29, 0.717) is 22.5 Å². The second-order valence-corrected chi connectivity index (χ2v) is 11.8. The number of hydrogen-bond donors (Lipinski definition) is 2. The molecule has 1 aliphatic carbocycles. The third kappa shape index (κ3) is 7.26. The molecule has 2 aromatic heterocycles. The molecule has 11 nitrogen and oxygen atoms in total. The van der Waals surface area contributed by atoms with Crippen molar-refractivity contribution in [2.45, 2.75) is 39.3 Å². The first-order valence-electron chi connectivity index (χ1n) is 11.8. The lowest BCUT2D eigenvalue weighted by Gasteiger charge is -2.23. The summed E-state index contributed by atoms with van der Waals surface area (Å²) in [7, 11) is -3.74. The summed E-state index contributed by atoms with van der Waals surface area (Å²) in [4.78, 5) is 34.5. The topological polar surface area (TPSA) is 151 Å². The molecule has 0 spiro atoms. The van der Waals surface area contributed by atoms with Crippen molar-refractivity contribution in [1.82, 2.24) is 19.5 Å². The van der Waals surface area contributed by atoms with Gasteiger partial charge < -0.3 is 24.1 Å². The largest absolute Gasteiger partial charge is 0.369 e. The molecule has 4 rings (SSSR count). The van der Waals surface area contributed by atoms with E-state index in [1.807, 2.05) is 0 Å². The maximum absolute atomic E-state index is 13.9. The molecular weight excluding hydrogens is 524 g/mol. The Morgan fingerprint density at radius 2 is 2.14 bits per heavy atom. The van der Waals surface area contributed by atoms with Crippen molar-refractivity contribution < 1.29 is 27.5 Å². The van der Waals surface area contributed by atoms with Gasteiger partial charge in [0.1, 0.15) is 12.2 Å². The maximum atomic E-state index is 13.9. The van der Waals surface area contributed by atoms with E-state index in [-0.39, 0.29) is 61.0 Å². The van der Waals surface area contributed by atoms with E-state index in [1.165, 1.54) is 12.4 Å². The number of aryl methyl sites for hydroxylation is 1. The third-order valence-electron chi connectivity index (χ3n) is 5.94. The monoisotopic (exact) mass is 553 g/mol. The number of imidazole rings is 1. The predicted octanol–water partition coefficient (Wildman–Crippen LogP) is 3.61. The number of hydrogen-bond acceptors (Lipinski definition) is 10. The number of aromatic nitrogens is 4. The van der Waals surface area contributed by atoms with Crippen molar-refractivity contribution >= 4 is 41.6 Å². The van der Waals surface area contributed by atoms with Crippen LogP contribution in [-0.2, 0) is 36.3 Å². The number of nitrogens with two attached hydrogens (primary N) is 1. The number of ether oxygens (including phenoxy) is 1. The Hall–Kier alpha value is -2.57. The Labute approximate surface area is 216 Å². The quantitative estimate of drug-likeness (QED) is 0.237. The summed E-state index contributed by atoms with van der Waals surface area (Å²) in [5.74, 6) is 0.0182. The molecular formula is C23H29FN5O6PS. The summed E-state index contributed by atoms with van der Waals surface area (Å²) in [6, 6.07) is 4.61. The van der Waals surface area contributed by atoms with Crippen LogP contribution in [0.1, 0.15) is 30.4 Å². The standard InChI is InChI=1S/C23H29FN5O6PS/c1-15-5-6-16(11-18(15)24)12-35-36(32,34-9-10-37-22(31)17-3-2-4-17)14-33-8-7-29-13-26-19-20(29)27-23(25)28-21(19)30/h5-6,11,13,17H,2-4,7-10,12,14H2,1H3,(H3,25,27,28,30). The third-order valence-corrected chi connectivity index (χ3v) is 8.52. The zero-order valence-corrected chi connectivity index (χ0v) is 22.1. The van der Waals surface area contributed by atoms with Crippen molar-refractivity contribution in [3.8, 4) is 0 Å². The summed E-state index contributed by atoms with van der Waals surface area (Å²) >= 11 is 1.16. The summed E-state index contributed by atoms with van der Waals surface area (Å²) in [6.45, 7) is 1.88. The fourth-order valence-corrected chi connectivity index (χ4v) is 5.82. The molecule has 14 heteroatoms. The van der Waals surface area contributed by atoms with Crippen LogP contribution in [0.5, 0.6) is 0 Å². The molecule has 1 unspecified atom stereocenters. The second kappa shape index (κ2) is 12.3. The minimum absolute atomic E-state index is 0.0319. The van der Waals surface area contributed by atoms with Crippen molar-refractivity contribution in [2.75, 3.05) is 31.0 Å². The second-order valence-electron chi connectivity index (χ2n) is 8.70. The number of H-pyrrole nitrogens is 1. The lowest BCUT2D eigenvalue weighted by Crippen LogP contribution is -2.20. The van der Waals surface area contributed by atoms with Gasteiger partial charge in [0.25, 0.3) is 5.56 Å². The number of rotatable bonds is 13. The fourth-order valence-electron chi connectivity index (χ4n) is 3.56. The average Bonchev–Trinajstić information content (AvgIpc) is 3.22. The summed E-state index contributed by atoms with van der Waals surface area (Å²) in [5.41, 5.74) is 6.60. The average molecular weight is 554 g/mol. The van der Waals surface area contributed by atoms with E-state index < -0.39 is 13.2 Å². The van der Waals surface area contributed by atoms with Crippen LogP contribution in [0.25, 0.3) is 11.2 Å². The van der Waals surface area contributed by atoms with Gasteiger partial charge in [0.05, 0.1) is 26.1 Å². The highest BCUT2D eigenvalue weighted by molar-refractivity contribution is 8.13. The molecule has 1 fully saturated rings. The summed E-state index contributed by atoms with van der Waals surface area (Å²) in [5, 5.41) is 0.123. The number of nitrogens with one attached hydrogen (secondary N) is 1. The van der Waals surface area contributed by atoms with E-state index in [1.54, 1.807) is 23.6 Å². The van der Waals surface area contributed by atoms with Gasteiger partial charge in [-0.3, -0.25) is 19.1 Å². The first kappa shape index (κ1) is 27.5. The molecule has 3 N–H and O–H groups in total. The predicted molar refractivity (Wildman–Crippen MR) is 138 cm³/mol. The van der Waals surface area contributed by atoms with Gasteiger partial charge in [0.2, 0.25) is 5.95 Å². The van der Waals surface area contributed by atoms with Gasteiger partial charge >= 0.3 is 7.60 Å². The van der Waals surface area contributed by atoms with Gasteiger partial charge in [0, 0.05) is 18.2 Å². The van der Waals surface area contributed by atoms with Crippen LogP contribution in [-0.4, -0.2) is 49.9 Å². The Morgan fingerprint density at radius 1 is 1.32 bits per heavy atom. The number of carbonyl (C=O) groups excluding carboxylic acids is 1. The van der Waals surface area contributed by atoms with Gasteiger partial charge in [-0.1, -0.05) is 30.3 Å². The number of nitrogens with zero attached hydrogens (tertiary/aromatic N) is 3. The molecule has 0 aliphatic heterocycles. The molecule has 1 aliphatic rings. The van der Waals surface area contributed by atoms with E-state index in [0.717, 1.165) is 31.0 Å². The molecule has 1 saturated carbocycles. The molecule has 0 saturated heterocycles. The van der Waals surface area contributed by atoms with E-state index in [9.17, 15) is 18.5 Å². The molecule has 1 aromatic carbocycles. The van der Waals surface area contributed by atoms with Crippen LogP contribution in [0.3, 0.4) is 0 Å². The number of halogens is 1. The van der Waals surface area contributed by atoms with Crippen molar-refractivity contribution in [1.29, 1.82) is 0 Å². The van der Waals surface area contributed by atoms with Crippen LogP contribution >= 0.6 is 19.4 Å². The van der Waals surface area contributed by atoms with Crippen molar-refractivity contribution in [3.05, 3.63) is 51.8 Å². The van der Waals surface area contributed by atoms with Crippen LogP contribution in [0, 0.1) is 18.7 Å². The fraction of sp³-hybridized carbons (Fsp3) is 0.478. The smallest absolute Gasteiger partial charge is 0.356 e. The summed E-state index contributed by atoms with van der Waals surface area (Å²) in [6.07, 6.45) is 3.98. The Morgan fingerprint density at radius 3 is 2.86 bits per heavy atom. The van der Waals surface area contributed by atoms with Crippen molar-refractivity contribution in [2.24, 2.45) is 5.92 Å². The van der Waals surface area contributed by atoms with Crippen molar-refractivity contribution in [3.63, 3.8) is 0 Å². The molecule has 0 amide bonds. The van der Waals surface area contributed by atoms with Crippen LogP contribution in [0.15, 0.2) is 29.3 Å². The summed E-state index contributed by atoms with van der Waals surface area (Å²) < 4.78 is 45.7. The normalized spacial score (nSPS) is 15.5. The number of thioether (sulfide) groups is 1. The van der Waals surface area contributed by atoms with Gasteiger partial charge in [-0.2, -0.15) is 4.98 Å². The number of anilines is 1. The Bertz CT molecular complexity index is 1360. The van der Waals surface area contributed by atoms with Crippen LogP contribution in [0.2, 0.25) is 0 Å². The molecule has 2 heterocycles. The minimum Gasteiger partial charge on any atom is -0.369 e. The van der Waals surface area contributed by atoms with Crippen LogP contribution < -0.4 is 11.3 Å². The van der Waals surface area contributed by atoms with E-state index >= 15 is 0 Å². The van der Waals surface area contributed by atoms with Gasteiger partial charge in [0.15, 0.2) is 16.3 Å². The molecule has 200 valence electrons. The SMILES string of the molecule is Cc1ccc(COP(=O)(COCCn2cnc3c(=O)[nH]c(N)nc32)OCCSC(=O)C2CCC2)cc1F. The zero-order chi connectivity index (χ0) is 26.4. The highest BCUT2D eigenvalue weighted by Crippen LogP contribution is 2.49. The lowest BCUT2D eigenvalue weighted by atomic mass is 9.87. The Kier molecular flexibility index (Phi) is 9.14. The molecule has 37 heavy (non-hydrogen) atoms. The number of carbonyl (C=O) groups is 1. The number of benzene rings is 1. The maximum Gasteiger partial charge on any atom is 0.356 e. The molecule has 3 aromatic rings. The number of nitrogen functional groups attached to an aromatic ring is 1. The van der Waals surface area contributed by atoms with E-state index in [4.69, 9.17) is 19.5 Å². The molecule has 0 radical (unpaired) electrons. The number of aromatic amines is 1. The highest BCUT2D eigenvalue weighted by atomic mass is 32.2. The van der Waals surface area contributed by atoms with E-state index in [2.05, 4.69) is 15.0 Å². The van der Waals surface area contributed by atoms with Gasteiger partial charge in [-0.25, -0.2) is 9.37 Å². The first-order chi connectivity index (χ1) is 17.7. The molecule has 0 bridgehead atoms. The number of fused-ring (bicyclic) bond motifs is 1. The Balaban J connectivity index is 1.33. The molecule has 1 atom stereocenters. The highest BCUT2D eigenvalue weighted by Gasteiger charge is 2.28. The van der Waals surface area contributed by atoms with Gasteiger partial charge in [-0.15, -0.1) is 0 Å². The van der Waals surface area contributed by atoms with Crippen LogP contribution in [0.4, 0.5) is 10.3 Å². The van der Waals surface area contributed by atoms with Gasteiger partial charge in [-0.05, 0) is 37.0 Å². The lowest BCUT2D eigenvalue weighted by molar-refractivity contribution is -0.116. The minimum atomic E-state index is -3.74. The first-order valence-corrected chi connectivity index (χ1v) is 14.5. The zero-order valence-electron chi connectivity index (χ0n) is 20.4.